The van der Waals surface area contributed by atoms with Gasteiger partial charge in [-0.3, -0.25) is 0 Å². The Morgan fingerprint density at radius 2 is 1.14 bits per heavy atom. The van der Waals surface area contributed by atoms with Gasteiger partial charge in [-0.25, -0.2) is 0 Å². The van der Waals surface area contributed by atoms with Crippen molar-refractivity contribution in [3.05, 3.63) is 58.6 Å². The maximum Gasteiger partial charge on any atom is 0.0487 e. The molecule has 0 nitrogen and oxygen atoms in total. The van der Waals surface area contributed by atoms with Crippen LogP contribution < -0.4 is 0 Å². The van der Waals surface area contributed by atoms with Crippen molar-refractivity contribution < 1.29 is 0 Å². The van der Waals surface area contributed by atoms with E-state index in [2.05, 4.69) is 84.0 Å². The lowest BCUT2D eigenvalue weighted by Crippen LogP contribution is -2.11. The lowest BCUT2D eigenvalue weighted by atomic mass is 9.85. The van der Waals surface area contributed by atoms with Gasteiger partial charge in [0.05, 0.1) is 0 Å². The summed E-state index contributed by atoms with van der Waals surface area (Å²) >= 11 is 6.50. The van der Waals surface area contributed by atoms with Crippen LogP contribution in [0.25, 0.3) is 11.1 Å². The van der Waals surface area contributed by atoms with Gasteiger partial charge < -0.3 is 0 Å². The van der Waals surface area contributed by atoms with Gasteiger partial charge in [-0.2, -0.15) is 0 Å². The van der Waals surface area contributed by atoms with Crippen molar-refractivity contribution in [3.8, 4) is 11.1 Å². The predicted molar refractivity (Wildman–Crippen MR) is 94.3 cm³/mol. The first-order chi connectivity index (χ1) is 9.59. The summed E-state index contributed by atoms with van der Waals surface area (Å²) in [7, 11) is 0. The molecule has 112 valence electrons. The zero-order chi connectivity index (χ0) is 15.8. The van der Waals surface area contributed by atoms with Crippen molar-refractivity contribution in [2.24, 2.45) is 0 Å². The van der Waals surface area contributed by atoms with Gasteiger partial charge in [0.15, 0.2) is 0 Å². The molecule has 0 aliphatic carbocycles. The second kappa shape index (κ2) is 5.50. The fourth-order valence-electron chi connectivity index (χ4n) is 2.37. The van der Waals surface area contributed by atoms with E-state index in [1.807, 2.05) is 0 Å². The number of benzene rings is 2. The van der Waals surface area contributed by atoms with E-state index < -0.39 is 0 Å². The van der Waals surface area contributed by atoms with Crippen LogP contribution in [-0.2, 0) is 10.8 Å². The molecule has 0 N–H and O–H groups in total. The summed E-state index contributed by atoms with van der Waals surface area (Å²) in [6.07, 6.45) is 0. The predicted octanol–water partition coefficient (Wildman–Crippen LogP) is 6.60. The number of hydrogen-bond donors (Lipinski definition) is 0. The van der Waals surface area contributed by atoms with Crippen LogP contribution >= 0.6 is 11.6 Å². The monoisotopic (exact) mass is 300 g/mol. The van der Waals surface area contributed by atoms with E-state index in [0.717, 1.165) is 10.6 Å². The number of hydrogen-bond acceptors (Lipinski definition) is 0. The molecule has 0 radical (unpaired) electrons. The van der Waals surface area contributed by atoms with Crippen LogP contribution in [0.15, 0.2) is 42.5 Å². The number of halogens is 1. The van der Waals surface area contributed by atoms with E-state index in [1.54, 1.807) is 0 Å². The van der Waals surface area contributed by atoms with Crippen LogP contribution in [0.3, 0.4) is 0 Å². The van der Waals surface area contributed by atoms with Crippen molar-refractivity contribution in [2.45, 2.75) is 52.4 Å². The summed E-state index contributed by atoms with van der Waals surface area (Å²) in [6, 6.07) is 15.1. The van der Waals surface area contributed by atoms with Crippen molar-refractivity contribution in [3.63, 3.8) is 0 Å². The third kappa shape index (κ3) is 3.68. The third-order valence-corrected chi connectivity index (χ3v) is 4.21. The second-order valence-electron chi connectivity index (χ2n) is 7.77. The quantitative estimate of drug-likeness (QED) is 0.556. The normalized spacial score (nSPS) is 12.5. The molecule has 0 aliphatic rings. The molecule has 0 bridgehead atoms. The largest absolute Gasteiger partial charge is 0.0837 e. The van der Waals surface area contributed by atoms with Crippen molar-refractivity contribution in [1.29, 1.82) is 0 Å². The Hall–Kier alpha value is -1.27. The summed E-state index contributed by atoms with van der Waals surface area (Å²) in [6.45, 7) is 13.3. The van der Waals surface area contributed by atoms with Gasteiger partial charge in [0.25, 0.3) is 0 Å². The first kappa shape index (κ1) is 16.1. The topological polar surface area (TPSA) is 0 Å². The molecule has 0 heterocycles. The Balaban J connectivity index is 2.39. The smallest absolute Gasteiger partial charge is 0.0487 e. The van der Waals surface area contributed by atoms with E-state index in [9.17, 15) is 0 Å². The molecule has 0 saturated carbocycles. The highest BCUT2D eigenvalue weighted by Gasteiger charge is 2.16. The van der Waals surface area contributed by atoms with E-state index >= 15 is 0 Å². The Bertz CT molecular complexity index is 622. The summed E-state index contributed by atoms with van der Waals surface area (Å²) in [5.41, 5.74) is 5.19. The zero-order valence-corrected chi connectivity index (χ0v) is 14.7. The molecular weight excluding hydrogens is 276 g/mol. The van der Waals surface area contributed by atoms with Crippen molar-refractivity contribution in [2.75, 3.05) is 0 Å². The van der Waals surface area contributed by atoms with Gasteiger partial charge in [-0.15, -0.1) is 0 Å². The highest BCUT2D eigenvalue weighted by atomic mass is 35.5. The number of rotatable bonds is 1. The van der Waals surface area contributed by atoms with Crippen LogP contribution in [0.1, 0.15) is 52.7 Å². The molecule has 0 spiro atoms. The minimum Gasteiger partial charge on any atom is -0.0837 e. The van der Waals surface area contributed by atoms with E-state index in [1.165, 1.54) is 16.7 Å². The second-order valence-corrected chi connectivity index (χ2v) is 8.18. The van der Waals surface area contributed by atoms with E-state index in [-0.39, 0.29) is 10.8 Å². The lowest BCUT2D eigenvalue weighted by molar-refractivity contribution is 0.590. The summed E-state index contributed by atoms with van der Waals surface area (Å²) in [5.74, 6) is 0. The van der Waals surface area contributed by atoms with Gasteiger partial charge in [-0.1, -0.05) is 89.5 Å². The molecule has 0 aromatic heterocycles. The molecule has 0 amide bonds. The molecular formula is C20H25Cl. The Morgan fingerprint density at radius 1 is 0.667 bits per heavy atom. The minimum atomic E-state index is 0.123. The fourth-order valence-corrected chi connectivity index (χ4v) is 2.66. The Labute approximate surface area is 134 Å². The van der Waals surface area contributed by atoms with Crippen LogP contribution in [-0.4, -0.2) is 0 Å². The molecule has 2 rings (SSSR count). The molecule has 0 fully saturated rings. The molecule has 1 heteroatoms. The van der Waals surface area contributed by atoms with Crippen LogP contribution in [0.2, 0.25) is 5.02 Å². The zero-order valence-electron chi connectivity index (χ0n) is 13.9. The average molecular weight is 301 g/mol. The Kier molecular flexibility index (Phi) is 4.22. The average Bonchev–Trinajstić information content (AvgIpc) is 2.36. The molecule has 2 aromatic carbocycles. The highest BCUT2D eigenvalue weighted by molar-refractivity contribution is 6.33. The van der Waals surface area contributed by atoms with Gasteiger partial charge in [0, 0.05) is 10.6 Å². The van der Waals surface area contributed by atoms with Gasteiger partial charge in [-0.05, 0) is 33.6 Å². The van der Waals surface area contributed by atoms with Crippen LogP contribution in [0.4, 0.5) is 0 Å². The lowest BCUT2D eigenvalue weighted by Gasteiger charge is -2.21. The van der Waals surface area contributed by atoms with Gasteiger partial charge >= 0.3 is 0 Å². The molecule has 0 saturated heterocycles. The maximum atomic E-state index is 6.50. The summed E-state index contributed by atoms with van der Waals surface area (Å²) < 4.78 is 0. The van der Waals surface area contributed by atoms with Crippen molar-refractivity contribution in [1.82, 2.24) is 0 Å². The first-order valence-electron chi connectivity index (χ1n) is 7.50. The van der Waals surface area contributed by atoms with Crippen molar-refractivity contribution >= 4 is 11.6 Å². The third-order valence-electron chi connectivity index (χ3n) is 3.90. The standard InChI is InChI=1S/C20H25Cl/c1-19(2,3)15-9-7-14(8-10-15)17-12-11-16(13-18(17)21)20(4,5)6/h7-13H,1-6H3. The molecule has 0 aliphatic heterocycles. The summed E-state index contributed by atoms with van der Waals surface area (Å²) in [5, 5.41) is 0.825. The van der Waals surface area contributed by atoms with Crippen LogP contribution in [0, 0.1) is 0 Å². The SMILES string of the molecule is CC(C)(C)c1ccc(-c2ccc(C(C)(C)C)cc2Cl)cc1. The van der Waals surface area contributed by atoms with E-state index in [0.29, 0.717) is 0 Å². The first-order valence-corrected chi connectivity index (χ1v) is 7.88. The summed E-state index contributed by atoms with van der Waals surface area (Å²) in [4.78, 5) is 0. The minimum absolute atomic E-state index is 0.123. The maximum absolute atomic E-state index is 6.50. The van der Waals surface area contributed by atoms with Crippen LogP contribution in [0.5, 0.6) is 0 Å². The fraction of sp³-hybridized carbons (Fsp3) is 0.400. The van der Waals surface area contributed by atoms with E-state index in [4.69, 9.17) is 11.6 Å². The molecule has 0 atom stereocenters. The highest BCUT2D eigenvalue weighted by Crippen LogP contribution is 2.33. The molecule has 2 aromatic rings. The Morgan fingerprint density at radius 3 is 1.57 bits per heavy atom. The molecule has 21 heavy (non-hydrogen) atoms. The van der Waals surface area contributed by atoms with Gasteiger partial charge in [0.2, 0.25) is 0 Å². The van der Waals surface area contributed by atoms with Gasteiger partial charge in [0.1, 0.15) is 0 Å². The molecule has 0 unspecified atom stereocenters.